The minimum absolute atomic E-state index is 0.0687. The SMILES string of the molecule is O=C1c2ccccc2C(=O)c2c1ccc(O[N+](=O)[O-])c2S(=O)(=O)O. The van der Waals surface area contributed by atoms with Gasteiger partial charge in [0.2, 0.25) is 0 Å². The van der Waals surface area contributed by atoms with Crippen molar-refractivity contribution in [1.29, 1.82) is 0 Å². The maximum absolute atomic E-state index is 12.6. The average molecular weight is 349 g/mol. The highest BCUT2D eigenvalue weighted by Gasteiger charge is 2.37. The zero-order chi connectivity index (χ0) is 17.6. The molecule has 0 heterocycles. The summed E-state index contributed by atoms with van der Waals surface area (Å²) >= 11 is 0. The molecule has 0 spiro atoms. The van der Waals surface area contributed by atoms with Crippen LogP contribution >= 0.6 is 0 Å². The maximum atomic E-state index is 12.6. The van der Waals surface area contributed by atoms with E-state index in [0.717, 1.165) is 12.1 Å². The van der Waals surface area contributed by atoms with E-state index in [9.17, 15) is 32.7 Å². The normalized spacial score (nSPS) is 13.2. The first-order valence-corrected chi connectivity index (χ1v) is 7.81. The van der Waals surface area contributed by atoms with Gasteiger partial charge in [0.05, 0.1) is 5.56 Å². The summed E-state index contributed by atoms with van der Waals surface area (Å²) in [6.45, 7) is 0. The van der Waals surface area contributed by atoms with Crippen LogP contribution in [0.2, 0.25) is 0 Å². The molecule has 122 valence electrons. The van der Waals surface area contributed by atoms with Gasteiger partial charge >= 0.3 is 0 Å². The van der Waals surface area contributed by atoms with Crippen LogP contribution < -0.4 is 4.84 Å². The summed E-state index contributed by atoms with van der Waals surface area (Å²) < 4.78 is 32.7. The third kappa shape index (κ3) is 2.33. The van der Waals surface area contributed by atoms with Crippen LogP contribution in [0.4, 0.5) is 0 Å². The summed E-state index contributed by atoms with van der Waals surface area (Å²) in [5.74, 6) is -2.36. The quantitative estimate of drug-likeness (QED) is 0.423. The van der Waals surface area contributed by atoms with Crippen molar-refractivity contribution in [2.45, 2.75) is 4.90 Å². The number of nitrogens with zero attached hydrogens (tertiary/aromatic N) is 1. The Hall–Kier alpha value is -3.11. The Labute approximate surface area is 134 Å². The molecule has 1 N–H and O–H groups in total. The lowest BCUT2D eigenvalue weighted by molar-refractivity contribution is -0.711. The minimum atomic E-state index is -5.08. The maximum Gasteiger partial charge on any atom is 0.299 e. The van der Waals surface area contributed by atoms with E-state index in [0.29, 0.717) is 0 Å². The highest BCUT2D eigenvalue weighted by atomic mass is 32.2. The van der Waals surface area contributed by atoms with E-state index < -0.39 is 43.0 Å². The molecule has 3 rings (SSSR count). The lowest BCUT2D eigenvalue weighted by Gasteiger charge is -2.20. The van der Waals surface area contributed by atoms with Crippen molar-refractivity contribution in [2.75, 3.05) is 0 Å². The molecular formula is C14H7NO8S. The molecule has 0 saturated carbocycles. The fraction of sp³-hybridized carbons (Fsp3) is 0. The van der Waals surface area contributed by atoms with Crippen molar-refractivity contribution in [3.8, 4) is 5.75 Å². The number of benzene rings is 2. The molecule has 10 heteroatoms. The Bertz CT molecular complexity index is 1030. The molecule has 0 aromatic heterocycles. The zero-order valence-electron chi connectivity index (χ0n) is 11.6. The highest BCUT2D eigenvalue weighted by molar-refractivity contribution is 7.86. The van der Waals surface area contributed by atoms with E-state index in [1.165, 1.54) is 24.3 Å². The number of carbonyl (C=O) groups is 2. The number of carbonyl (C=O) groups excluding carboxylic acids is 2. The van der Waals surface area contributed by atoms with Gasteiger partial charge in [0, 0.05) is 16.7 Å². The number of ketones is 2. The van der Waals surface area contributed by atoms with Crippen LogP contribution in [0.25, 0.3) is 0 Å². The standard InChI is InChI=1S/C14H7NO8S/c16-12-7-3-1-2-4-8(7)13(17)11-9(12)5-6-10(23-15(18)19)14(11)24(20,21)22/h1-6H,(H,20,21,22). The lowest BCUT2D eigenvalue weighted by atomic mass is 9.84. The van der Waals surface area contributed by atoms with Gasteiger partial charge in [-0.2, -0.15) is 8.42 Å². The van der Waals surface area contributed by atoms with E-state index in [1.807, 2.05) is 0 Å². The van der Waals surface area contributed by atoms with E-state index >= 15 is 0 Å². The molecule has 9 nitrogen and oxygen atoms in total. The van der Waals surface area contributed by atoms with Crippen molar-refractivity contribution in [1.82, 2.24) is 0 Å². The van der Waals surface area contributed by atoms with Crippen LogP contribution in [0.3, 0.4) is 0 Å². The Morgan fingerprint density at radius 1 is 0.958 bits per heavy atom. The first-order valence-electron chi connectivity index (χ1n) is 6.37. The fourth-order valence-electron chi connectivity index (χ4n) is 2.55. The zero-order valence-corrected chi connectivity index (χ0v) is 12.4. The monoisotopic (exact) mass is 349 g/mol. The van der Waals surface area contributed by atoms with Gasteiger partial charge < -0.3 is 0 Å². The fourth-order valence-corrected chi connectivity index (χ4v) is 3.37. The van der Waals surface area contributed by atoms with E-state index in [2.05, 4.69) is 4.84 Å². The predicted molar refractivity (Wildman–Crippen MR) is 77.2 cm³/mol. The van der Waals surface area contributed by atoms with Crippen LogP contribution in [0, 0.1) is 10.1 Å². The molecular weight excluding hydrogens is 342 g/mol. The summed E-state index contributed by atoms with van der Waals surface area (Å²) in [5.41, 5.74) is -0.944. The predicted octanol–water partition coefficient (Wildman–Crippen LogP) is 1.28. The highest BCUT2D eigenvalue weighted by Crippen LogP contribution is 2.36. The lowest BCUT2D eigenvalue weighted by Crippen LogP contribution is -2.24. The molecule has 0 bridgehead atoms. The van der Waals surface area contributed by atoms with Gasteiger partial charge in [0.1, 0.15) is 10.6 Å². The molecule has 0 unspecified atom stereocenters. The van der Waals surface area contributed by atoms with Crippen LogP contribution in [-0.4, -0.2) is 29.6 Å². The van der Waals surface area contributed by atoms with Crippen LogP contribution in [0.5, 0.6) is 5.75 Å². The van der Waals surface area contributed by atoms with Gasteiger partial charge in [-0.05, 0) is 12.1 Å². The Morgan fingerprint density at radius 3 is 2.08 bits per heavy atom. The van der Waals surface area contributed by atoms with Crippen LogP contribution in [0.15, 0.2) is 41.3 Å². The van der Waals surface area contributed by atoms with Gasteiger partial charge in [-0.25, -0.2) is 0 Å². The molecule has 2 aromatic carbocycles. The van der Waals surface area contributed by atoms with Gasteiger partial charge in [-0.1, -0.05) is 24.3 Å². The first kappa shape index (κ1) is 15.8. The molecule has 0 radical (unpaired) electrons. The van der Waals surface area contributed by atoms with Gasteiger partial charge in [0.15, 0.2) is 11.6 Å². The van der Waals surface area contributed by atoms with E-state index in [4.69, 9.17) is 0 Å². The number of rotatable bonds is 3. The summed E-state index contributed by atoms with van der Waals surface area (Å²) in [7, 11) is -5.08. The van der Waals surface area contributed by atoms with E-state index in [1.54, 1.807) is 0 Å². The molecule has 0 aliphatic heterocycles. The van der Waals surface area contributed by atoms with Gasteiger partial charge in [-0.15, -0.1) is 10.1 Å². The van der Waals surface area contributed by atoms with Crippen molar-refractivity contribution < 1.29 is 32.5 Å². The van der Waals surface area contributed by atoms with Crippen molar-refractivity contribution in [3.63, 3.8) is 0 Å². The van der Waals surface area contributed by atoms with E-state index in [-0.39, 0.29) is 16.7 Å². The summed E-state index contributed by atoms with van der Waals surface area (Å²) in [4.78, 5) is 38.6. The molecule has 24 heavy (non-hydrogen) atoms. The van der Waals surface area contributed by atoms with Crippen molar-refractivity contribution in [3.05, 3.63) is 68.8 Å². The topological polar surface area (TPSA) is 141 Å². The largest absolute Gasteiger partial charge is 0.299 e. The first-order chi connectivity index (χ1) is 11.2. The summed E-state index contributed by atoms with van der Waals surface area (Å²) in [6.07, 6.45) is 0. The Kier molecular flexibility index (Phi) is 3.43. The van der Waals surface area contributed by atoms with Crippen molar-refractivity contribution >= 4 is 21.7 Å². The minimum Gasteiger partial charge on any atom is -0.289 e. The van der Waals surface area contributed by atoms with Crippen LogP contribution in [-0.2, 0) is 10.1 Å². The second-order valence-electron chi connectivity index (χ2n) is 4.81. The molecule has 2 aromatic rings. The second-order valence-corrected chi connectivity index (χ2v) is 6.17. The second kappa shape index (κ2) is 5.22. The molecule has 0 fully saturated rings. The average Bonchev–Trinajstić information content (AvgIpc) is 2.50. The Morgan fingerprint density at radius 2 is 1.54 bits per heavy atom. The number of hydrogen-bond donors (Lipinski definition) is 1. The van der Waals surface area contributed by atoms with Gasteiger partial charge in [-0.3, -0.25) is 19.0 Å². The number of hydrogen-bond acceptors (Lipinski definition) is 7. The smallest absolute Gasteiger partial charge is 0.289 e. The molecule has 1 aliphatic carbocycles. The molecule has 0 saturated heterocycles. The third-order valence-electron chi connectivity index (χ3n) is 3.44. The molecule has 1 aliphatic rings. The van der Waals surface area contributed by atoms with Crippen LogP contribution in [0.1, 0.15) is 31.8 Å². The van der Waals surface area contributed by atoms with Crippen molar-refractivity contribution in [2.24, 2.45) is 0 Å². The van der Waals surface area contributed by atoms with Gasteiger partial charge in [0.25, 0.3) is 15.2 Å². The molecule has 0 amide bonds. The molecule has 0 atom stereocenters. The summed E-state index contributed by atoms with van der Waals surface area (Å²) in [6, 6.07) is 7.59. The third-order valence-corrected chi connectivity index (χ3v) is 4.36. The number of fused-ring (bicyclic) bond motifs is 2. The summed E-state index contributed by atoms with van der Waals surface area (Å²) in [5, 5.41) is 9.22. The Balaban J connectivity index is 2.39.